The first-order chi connectivity index (χ1) is 9.47. The molecule has 0 atom stereocenters. The van der Waals surface area contributed by atoms with Crippen molar-refractivity contribution in [3.8, 4) is 0 Å². The Kier molecular flexibility index (Phi) is 4.86. The van der Waals surface area contributed by atoms with Crippen molar-refractivity contribution in [3.63, 3.8) is 0 Å². The molecule has 0 unspecified atom stereocenters. The van der Waals surface area contributed by atoms with Crippen molar-refractivity contribution >= 4 is 5.82 Å². The quantitative estimate of drug-likeness (QED) is 0.899. The molecule has 1 aromatic rings. The molecule has 6 heteroatoms. The number of alkyl halides is 3. The number of anilines is 1. The summed E-state index contributed by atoms with van der Waals surface area (Å²) in [5, 5.41) is 2.96. The van der Waals surface area contributed by atoms with Crippen LogP contribution >= 0.6 is 0 Å². The van der Waals surface area contributed by atoms with Crippen LogP contribution in [0.15, 0.2) is 18.2 Å². The molecule has 112 valence electrons. The van der Waals surface area contributed by atoms with Crippen LogP contribution in [-0.2, 0) is 6.18 Å². The van der Waals surface area contributed by atoms with Gasteiger partial charge in [-0.3, -0.25) is 0 Å². The molecule has 1 saturated carbocycles. The van der Waals surface area contributed by atoms with E-state index in [-0.39, 0.29) is 5.82 Å². The lowest BCUT2D eigenvalue weighted by Gasteiger charge is -2.24. The Balaban J connectivity index is 1.82. The number of aromatic nitrogens is 1. The maximum atomic E-state index is 12.5. The van der Waals surface area contributed by atoms with Gasteiger partial charge in [-0.2, -0.15) is 13.2 Å². The molecular formula is C14H20F3N3. The zero-order valence-corrected chi connectivity index (χ0v) is 11.6. The van der Waals surface area contributed by atoms with Gasteiger partial charge in [-0.1, -0.05) is 18.9 Å². The molecule has 0 saturated heterocycles. The highest BCUT2D eigenvalue weighted by Gasteiger charge is 2.32. The Hall–Kier alpha value is -1.30. The zero-order chi connectivity index (χ0) is 14.6. The maximum absolute atomic E-state index is 12.5. The van der Waals surface area contributed by atoms with E-state index in [1.807, 2.05) is 0 Å². The van der Waals surface area contributed by atoms with Crippen LogP contribution in [0, 0.1) is 0 Å². The number of halogens is 3. The van der Waals surface area contributed by atoms with Crippen LogP contribution in [0.2, 0.25) is 0 Å². The van der Waals surface area contributed by atoms with E-state index in [1.165, 1.54) is 31.7 Å². The molecule has 1 N–H and O–H groups in total. The van der Waals surface area contributed by atoms with Gasteiger partial charge in [0, 0.05) is 19.1 Å². The van der Waals surface area contributed by atoms with E-state index in [0.717, 1.165) is 12.6 Å². The minimum absolute atomic E-state index is 0.277. The molecule has 20 heavy (non-hydrogen) atoms. The number of hydrogen-bond donors (Lipinski definition) is 1. The van der Waals surface area contributed by atoms with E-state index < -0.39 is 11.9 Å². The van der Waals surface area contributed by atoms with Crippen molar-refractivity contribution in [2.75, 3.05) is 25.5 Å². The Morgan fingerprint density at radius 1 is 1.30 bits per heavy atom. The summed E-state index contributed by atoms with van der Waals surface area (Å²) in [6, 6.07) is 4.53. The fourth-order valence-corrected chi connectivity index (χ4v) is 2.58. The molecule has 0 bridgehead atoms. The minimum Gasteiger partial charge on any atom is -0.369 e. The van der Waals surface area contributed by atoms with Crippen LogP contribution in [0.25, 0.3) is 0 Å². The number of nitrogens with one attached hydrogen (secondary N) is 1. The van der Waals surface area contributed by atoms with E-state index in [0.29, 0.717) is 12.6 Å². The molecule has 0 aromatic carbocycles. The minimum atomic E-state index is -4.39. The summed E-state index contributed by atoms with van der Waals surface area (Å²) in [6.07, 6.45) is 0.601. The third kappa shape index (κ3) is 4.10. The highest BCUT2D eigenvalue weighted by atomic mass is 19.4. The van der Waals surface area contributed by atoms with Gasteiger partial charge in [-0.05, 0) is 32.0 Å². The van der Waals surface area contributed by atoms with Gasteiger partial charge in [0.05, 0.1) is 0 Å². The highest BCUT2D eigenvalue weighted by molar-refractivity contribution is 5.35. The Morgan fingerprint density at radius 2 is 2.00 bits per heavy atom. The van der Waals surface area contributed by atoms with Gasteiger partial charge < -0.3 is 10.2 Å². The van der Waals surface area contributed by atoms with Crippen LogP contribution < -0.4 is 5.32 Å². The smallest absolute Gasteiger partial charge is 0.369 e. The number of pyridine rings is 1. The fourth-order valence-electron chi connectivity index (χ4n) is 2.58. The third-order valence-corrected chi connectivity index (χ3v) is 3.76. The number of nitrogens with zero attached hydrogens (tertiary/aromatic N) is 2. The molecule has 1 aromatic heterocycles. The third-order valence-electron chi connectivity index (χ3n) is 3.76. The standard InChI is InChI=1S/C14H20F3N3/c1-20(11-5-2-3-6-11)10-9-18-13-8-4-7-12(19-13)14(15,16)17/h4,7-8,11H,2-3,5-6,9-10H2,1H3,(H,18,19). The lowest BCUT2D eigenvalue weighted by molar-refractivity contribution is -0.141. The zero-order valence-electron chi connectivity index (χ0n) is 11.6. The predicted octanol–water partition coefficient (Wildman–Crippen LogP) is 3.39. The monoisotopic (exact) mass is 287 g/mol. The molecule has 0 aliphatic heterocycles. The van der Waals surface area contributed by atoms with Crippen LogP contribution in [0.5, 0.6) is 0 Å². The van der Waals surface area contributed by atoms with Crippen LogP contribution in [-0.4, -0.2) is 36.1 Å². The second-order valence-electron chi connectivity index (χ2n) is 5.25. The van der Waals surface area contributed by atoms with Crippen molar-refractivity contribution in [1.82, 2.24) is 9.88 Å². The topological polar surface area (TPSA) is 28.2 Å². The Labute approximate surface area is 117 Å². The highest BCUT2D eigenvalue weighted by Crippen LogP contribution is 2.28. The van der Waals surface area contributed by atoms with Gasteiger partial charge >= 0.3 is 6.18 Å². The van der Waals surface area contributed by atoms with Crippen molar-refractivity contribution in [3.05, 3.63) is 23.9 Å². The van der Waals surface area contributed by atoms with Crippen molar-refractivity contribution < 1.29 is 13.2 Å². The first-order valence-corrected chi connectivity index (χ1v) is 6.95. The van der Waals surface area contributed by atoms with Crippen LogP contribution in [0.1, 0.15) is 31.4 Å². The summed E-state index contributed by atoms with van der Waals surface area (Å²) in [5.41, 5.74) is -0.855. The second-order valence-corrected chi connectivity index (χ2v) is 5.25. The summed E-state index contributed by atoms with van der Waals surface area (Å²) in [5.74, 6) is 0.277. The van der Waals surface area contributed by atoms with E-state index in [1.54, 1.807) is 6.07 Å². The lowest BCUT2D eigenvalue weighted by atomic mass is 10.2. The normalized spacial score (nSPS) is 16.9. The van der Waals surface area contributed by atoms with Gasteiger partial charge in [0.15, 0.2) is 0 Å². The number of hydrogen-bond acceptors (Lipinski definition) is 3. The summed E-state index contributed by atoms with van der Waals surface area (Å²) in [4.78, 5) is 5.86. The second kappa shape index (κ2) is 6.43. The van der Waals surface area contributed by atoms with Gasteiger partial charge in [-0.15, -0.1) is 0 Å². The maximum Gasteiger partial charge on any atom is 0.433 e. The average molecular weight is 287 g/mol. The van der Waals surface area contributed by atoms with Gasteiger partial charge in [0.25, 0.3) is 0 Å². The molecule has 1 aliphatic rings. The van der Waals surface area contributed by atoms with E-state index in [2.05, 4.69) is 22.2 Å². The summed E-state index contributed by atoms with van der Waals surface area (Å²) < 4.78 is 37.6. The predicted molar refractivity (Wildman–Crippen MR) is 72.6 cm³/mol. The van der Waals surface area contributed by atoms with E-state index in [4.69, 9.17) is 0 Å². The summed E-state index contributed by atoms with van der Waals surface area (Å²) in [7, 11) is 2.07. The molecule has 1 aliphatic carbocycles. The van der Waals surface area contributed by atoms with E-state index >= 15 is 0 Å². The first-order valence-electron chi connectivity index (χ1n) is 6.95. The van der Waals surface area contributed by atoms with Gasteiger partial charge in [-0.25, -0.2) is 4.98 Å². The number of rotatable bonds is 5. The average Bonchev–Trinajstić information content (AvgIpc) is 2.92. The molecule has 1 heterocycles. The molecule has 0 spiro atoms. The molecule has 0 radical (unpaired) electrons. The van der Waals surface area contributed by atoms with Crippen molar-refractivity contribution in [2.24, 2.45) is 0 Å². The Bertz CT molecular complexity index is 428. The summed E-state index contributed by atoms with van der Waals surface area (Å²) in [6.45, 7) is 1.41. The molecule has 1 fully saturated rings. The molecular weight excluding hydrogens is 267 g/mol. The van der Waals surface area contributed by atoms with Crippen molar-refractivity contribution in [2.45, 2.75) is 37.9 Å². The number of likely N-dealkylation sites (N-methyl/N-ethyl adjacent to an activating group) is 1. The van der Waals surface area contributed by atoms with Gasteiger partial charge in [0.1, 0.15) is 11.5 Å². The van der Waals surface area contributed by atoms with Gasteiger partial charge in [0.2, 0.25) is 0 Å². The largest absolute Gasteiger partial charge is 0.433 e. The van der Waals surface area contributed by atoms with E-state index in [9.17, 15) is 13.2 Å². The van der Waals surface area contributed by atoms with Crippen molar-refractivity contribution in [1.29, 1.82) is 0 Å². The fraction of sp³-hybridized carbons (Fsp3) is 0.643. The van der Waals surface area contributed by atoms with Crippen LogP contribution in [0.4, 0.5) is 19.0 Å². The summed E-state index contributed by atoms with van der Waals surface area (Å²) >= 11 is 0. The molecule has 3 nitrogen and oxygen atoms in total. The molecule has 2 rings (SSSR count). The SMILES string of the molecule is CN(CCNc1cccc(C(F)(F)F)n1)C1CCCC1. The lowest BCUT2D eigenvalue weighted by Crippen LogP contribution is -2.33. The first kappa shape index (κ1) is 15.1. The molecule has 0 amide bonds. The van der Waals surface area contributed by atoms with Crippen LogP contribution in [0.3, 0.4) is 0 Å². The Morgan fingerprint density at radius 3 is 2.65 bits per heavy atom.